The lowest BCUT2D eigenvalue weighted by molar-refractivity contribution is -0.119. The van der Waals surface area contributed by atoms with Crippen molar-refractivity contribution in [1.82, 2.24) is 0 Å². The second kappa shape index (κ2) is 8.02. The fraction of sp³-hybridized carbons (Fsp3) is 0.368. The minimum atomic E-state index is -0.441. The first-order chi connectivity index (χ1) is 12.0. The predicted octanol–water partition coefficient (Wildman–Crippen LogP) is 4.77. The molecule has 6 heteroatoms. The zero-order chi connectivity index (χ0) is 17.8. The Morgan fingerprint density at radius 1 is 1.20 bits per heavy atom. The summed E-state index contributed by atoms with van der Waals surface area (Å²) in [6.07, 6.45) is 5.62. The number of rotatable bonds is 4. The van der Waals surface area contributed by atoms with E-state index in [9.17, 15) is 9.59 Å². The number of carbonyl (C=O) groups excluding carboxylic acids is 2. The minimum absolute atomic E-state index is 0.328. The number of fused-ring (bicyclic) bond motifs is 1. The summed E-state index contributed by atoms with van der Waals surface area (Å²) in [5.41, 5.74) is 2.77. The molecule has 0 atom stereocenters. The van der Waals surface area contributed by atoms with Crippen molar-refractivity contribution in [3.05, 3.63) is 50.2 Å². The van der Waals surface area contributed by atoms with Gasteiger partial charge in [-0.15, -0.1) is 11.3 Å². The lowest BCUT2D eigenvalue weighted by Gasteiger charge is -2.08. The average Bonchev–Trinajstić information content (AvgIpc) is 2.86. The molecule has 0 unspecified atom stereocenters. The molecule has 132 valence electrons. The summed E-state index contributed by atoms with van der Waals surface area (Å²) in [5.74, 6) is -0.847. The van der Waals surface area contributed by atoms with Crippen LogP contribution in [0.2, 0.25) is 5.02 Å². The van der Waals surface area contributed by atoms with Crippen LogP contribution in [0.25, 0.3) is 0 Å². The molecule has 0 saturated heterocycles. The molecule has 0 fully saturated rings. The Kier molecular flexibility index (Phi) is 5.76. The molecule has 1 heterocycles. The van der Waals surface area contributed by atoms with E-state index in [0.717, 1.165) is 24.8 Å². The maximum atomic E-state index is 12.2. The number of nitrogens with one attached hydrogen (secondary N) is 1. The molecule has 0 radical (unpaired) electrons. The number of amides is 1. The van der Waals surface area contributed by atoms with Gasteiger partial charge in [0.2, 0.25) is 0 Å². The summed E-state index contributed by atoms with van der Waals surface area (Å²) in [7, 11) is 0. The van der Waals surface area contributed by atoms with Gasteiger partial charge in [0.05, 0.1) is 10.7 Å². The summed E-state index contributed by atoms with van der Waals surface area (Å²) < 4.78 is 5.15. The lowest BCUT2D eigenvalue weighted by Crippen LogP contribution is -2.20. The van der Waals surface area contributed by atoms with Crippen LogP contribution in [-0.2, 0) is 22.4 Å². The number of anilines is 1. The van der Waals surface area contributed by atoms with Crippen LogP contribution in [0.3, 0.4) is 0 Å². The molecule has 0 bridgehead atoms. The molecule has 0 aliphatic heterocycles. The third-order valence-corrected chi connectivity index (χ3v) is 5.71. The lowest BCUT2D eigenvalue weighted by atomic mass is 10.1. The van der Waals surface area contributed by atoms with E-state index in [4.69, 9.17) is 16.3 Å². The molecular weight excluding hydrogens is 358 g/mol. The highest BCUT2D eigenvalue weighted by Gasteiger charge is 2.18. The number of hydrogen-bond donors (Lipinski definition) is 1. The second-order valence-corrected chi connectivity index (χ2v) is 7.77. The fourth-order valence-corrected chi connectivity index (χ4v) is 4.31. The average molecular weight is 378 g/mol. The molecule has 1 aromatic heterocycles. The van der Waals surface area contributed by atoms with Gasteiger partial charge >= 0.3 is 5.97 Å². The number of thiophene rings is 1. The summed E-state index contributed by atoms with van der Waals surface area (Å²) in [5, 5.41) is 3.12. The van der Waals surface area contributed by atoms with E-state index in [1.54, 1.807) is 12.1 Å². The van der Waals surface area contributed by atoms with Gasteiger partial charge in [0, 0.05) is 4.88 Å². The van der Waals surface area contributed by atoms with Crippen molar-refractivity contribution in [2.45, 2.75) is 39.0 Å². The Morgan fingerprint density at radius 2 is 2.00 bits per heavy atom. The summed E-state index contributed by atoms with van der Waals surface area (Å²) in [4.78, 5) is 26.0. The van der Waals surface area contributed by atoms with Crippen LogP contribution < -0.4 is 5.32 Å². The van der Waals surface area contributed by atoms with E-state index >= 15 is 0 Å². The van der Waals surface area contributed by atoms with E-state index in [2.05, 4.69) is 5.32 Å². The minimum Gasteiger partial charge on any atom is -0.451 e. The molecule has 1 amide bonds. The molecule has 4 nitrogen and oxygen atoms in total. The van der Waals surface area contributed by atoms with Gasteiger partial charge in [-0.2, -0.15) is 0 Å². The third-order valence-electron chi connectivity index (χ3n) is 4.18. The second-order valence-electron chi connectivity index (χ2n) is 6.23. The Labute approximate surface area is 156 Å². The molecule has 1 aliphatic carbocycles. The van der Waals surface area contributed by atoms with E-state index in [-0.39, 0.29) is 6.61 Å². The van der Waals surface area contributed by atoms with Crippen LogP contribution in [0, 0.1) is 6.92 Å². The van der Waals surface area contributed by atoms with Crippen LogP contribution >= 0.6 is 22.9 Å². The highest BCUT2D eigenvalue weighted by molar-refractivity contribution is 7.14. The van der Waals surface area contributed by atoms with Gasteiger partial charge in [-0.05, 0) is 61.9 Å². The number of ether oxygens (including phenoxy) is 1. The van der Waals surface area contributed by atoms with Crippen molar-refractivity contribution in [1.29, 1.82) is 0 Å². The number of aryl methyl sites for hydroxylation is 3. The van der Waals surface area contributed by atoms with E-state index < -0.39 is 11.9 Å². The highest BCUT2D eigenvalue weighted by atomic mass is 35.5. The van der Waals surface area contributed by atoms with Gasteiger partial charge in [-0.1, -0.05) is 24.1 Å². The summed E-state index contributed by atoms with van der Waals surface area (Å²) >= 11 is 7.57. The Balaban J connectivity index is 1.56. The molecule has 1 aromatic carbocycles. The topological polar surface area (TPSA) is 55.4 Å². The smallest absolute Gasteiger partial charge is 0.348 e. The van der Waals surface area contributed by atoms with Gasteiger partial charge in [0.15, 0.2) is 6.61 Å². The first kappa shape index (κ1) is 18.0. The predicted molar refractivity (Wildman–Crippen MR) is 101 cm³/mol. The maximum Gasteiger partial charge on any atom is 0.348 e. The van der Waals surface area contributed by atoms with Crippen LogP contribution in [-0.4, -0.2) is 18.5 Å². The van der Waals surface area contributed by atoms with Crippen molar-refractivity contribution in [3.8, 4) is 0 Å². The Morgan fingerprint density at radius 3 is 2.80 bits per heavy atom. The zero-order valence-corrected chi connectivity index (χ0v) is 15.6. The molecular formula is C19H20ClNO3S. The Bertz CT molecular complexity index is 776. The molecule has 2 aromatic rings. The molecule has 0 spiro atoms. The fourth-order valence-electron chi connectivity index (χ4n) is 2.88. The van der Waals surface area contributed by atoms with Gasteiger partial charge < -0.3 is 10.1 Å². The maximum absolute atomic E-state index is 12.2. The van der Waals surface area contributed by atoms with Crippen molar-refractivity contribution >= 4 is 40.5 Å². The van der Waals surface area contributed by atoms with E-state index in [1.165, 1.54) is 34.6 Å². The van der Waals surface area contributed by atoms with Crippen LogP contribution in [0.4, 0.5) is 5.69 Å². The number of esters is 1. The van der Waals surface area contributed by atoms with Crippen LogP contribution in [0.1, 0.15) is 44.9 Å². The molecule has 1 N–H and O–H groups in total. The molecule has 25 heavy (non-hydrogen) atoms. The zero-order valence-electron chi connectivity index (χ0n) is 14.1. The summed E-state index contributed by atoms with van der Waals surface area (Å²) in [6, 6.07) is 7.27. The number of halogens is 1. The standard InChI is InChI=1S/C19H20ClNO3S/c1-12-7-8-15(14(20)9-12)21-18(22)11-24-19(23)17-10-13-5-3-2-4-6-16(13)25-17/h7-10H,2-6,11H2,1H3,(H,21,22). The van der Waals surface area contributed by atoms with E-state index in [1.807, 2.05) is 19.1 Å². The third kappa shape index (κ3) is 4.61. The van der Waals surface area contributed by atoms with Crippen molar-refractivity contribution in [3.63, 3.8) is 0 Å². The van der Waals surface area contributed by atoms with Gasteiger partial charge in [-0.3, -0.25) is 4.79 Å². The largest absolute Gasteiger partial charge is 0.451 e. The quantitative estimate of drug-likeness (QED) is 0.616. The van der Waals surface area contributed by atoms with Gasteiger partial charge in [0.1, 0.15) is 4.88 Å². The first-order valence-corrected chi connectivity index (χ1v) is 9.57. The van der Waals surface area contributed by atoms with Gasteiger partial charge in [0.25, 0.3) is 5.91 Å². The SMILES string of the molecule is Cc1ccc(NC(=O)COC(=O)c2cc3c(s2)CCCCC3)c(Cl)c1. The normalized spacial score (nSPS) is 13.7. The van der Waals surface area contributed by atoms with Crippen molar-refractivity contribution in [2.24, 2.45) is 0 Å². The van der Waals surface area contributed by atoms with E-state index in [0.29, 0.717) is 15.6 Å². The van der Waals surface area contributed by atoms with Crippen LogP contribution in [0.5, 0.6) is 0 Å². The van der Waals surface area contributed by atoms with Crippen molar-refractivity contribution in [2.75, 3.05) is 11.9 Å². The Hall–Kier alpha value is -1.85. The number of carbonyl (C=O) groups is 2. The number of benzene rings is 1. The molecule has 0 saturated carbocycles. The highest BCUT2D eigenvalue weighted by Crippen LogP contribution is 2.29. The summed E-state index contributed by atoms with van der Waals surface area (Å²) in [6.45, 7) is 1.59. The first-order valence-electron chi connectivity index (χ1n) is 8.37. The monoisotopic (exact) mass is 377 g/mol. The van der Waals surface area contributed by atoms with Crippen molar-refractivity contribution < 1.29 is 14.3 Å². The number of hydrogen-bond acceptors (Lipinski definition) is 4. The molecule has 3 rings (SSSR count). The van der Waals surface area contributed by atoms with Gasteiger partial charge in [-0.25, -0.2) is 4.79 Å². The molecule has 1 aliphatic rings. The van der Waals surface area contributed by atoms with Crippen LogP contribution in [0.15, 0.2) is 24.3 Å².